The van der Waals surface area contributed by atoms with E-state index in [2.05, 4.69) is 40.9 Å². The van der Waals surface area contributed by atoms with Gasteiger partial charge in [-0.25, -0.2) is 4.98 Å². The molecule has 6 nitrogen and oxygen atoms in total. The van der Waals surface area contributed by atoms with E-state index < -0.39 is 0 Å². The summed E-state index contributed by atoms with van der Waals surface area (Å²) in [6.07, 6.45) is 1.07. The predicted molar refractivity (Wildman–Crippen MR) is 84.4 cm³/mol. The zero-order valence-corrected chi connectivity index (χ0v) is 13.2. The number of H-pyrrole nitrogens is 2. The number of nitrogens with two attached hydrogens (primary N) is 1. The van der Waals surface area contributed by atoms with E-state index in [0.717, 1.165) is 43.6 Å². The average Bonchev–Trinajstić information content (AvgIpc) is 2.89. The van der Waals surface area contributed by atoms with Gasteiger partial charge in [-0.05, 0) is 31.4 Å². The van der Waals surface area contributed by atoms with E-state index in [-0.39, 0.29) is 0 Å². The molecule has 0 spiro atoms. The molecule has 1 atom stereocenters. The van der Waals surface area contributed by atoms with Crippen LogP contribution < -0.4 is 20.5 Å². The molecule has 3 rings (SSSR count). The molecule has 3 heterocycles. The predicted octanol–water partition coefficient (Wildman–Crippen LogP) is -0.234. The third-order valence-electron chi connectivity index (χ3n) is 4.72. The summed E-state index contributed by atoms with van der Waals surface area (Å²) < 4.78 is 0. The summed E-state index contributed by atoms with van der Waals surface area (Å²) in [4.78, 5) is 7.52. The van der Waals surface area contributed by atoms with Crippen LogP contribution in [0.4, 0.5) is 11.6 Å². The summed E-state index contributed by atoms with van der Waals surface area (Å²) in [5.74, 6) is 1.91. The number of anilines is 2. The molecule has 2 aromatic rings. The van der Waals surface area contributed by atoms with Gasteiger partial charge in [-0.2, -0.15) is 5.10 Å². The number of aromatic amines is 2. The average molecular weight is 290 g/mol. The zero-order chi connectivity index (χ0) is 15.0. The molecule has 0 bridgehead atoms. The molecule has 0 aromatic carbocycles. The lowest BCUT2D eigenvalue weighted by Crippen LogP contribution is -3.11. The Kier molecular flexibility index (Phi) is 3.71. The van der Waals surface area contributed by atoms with Crippen molar-refractivity contribution in [3.8, 4) is 0 Å². The Hall–Kier alpha value is -1.82. The number of hydrogen-bond donors (Lipinski definition) is 3. The molecule has 0 saturated carbocycles. The second-order valence-corrected chi connectivity index (χ2v) is 5.74. The van der Waals surface area contributed by atoms with Gasteiger partial charge in [0.05, 0.1) is 37.1 Å². The van der Waals surface area contributed by atoms with Crippen LogP contribution in [0.2, 0.25) is 0 Å². The summed E-state index contributed by atoms with van der Waals surface area (Å²) in [7, 11) is 0. The molecule has 0 fully saturated rings. The van der Waals surface area contributed by atoms with Gasteiger partial charge in [0.1, 0.15) is 12.4 Å². The van der Waals surface area contributed by atoms with Crippen LogP contribution in [0.1, 0.15) is 31.9 Å². The summed E-state index contributed by atoms with van der Waals surface area (Å²) >= 11 is 0. The number of fused-ring (bicyclic) bond motifs is 3. The lowest BCUT2D eigenvalue weighted by Gasteiger charge is -2.27. The van der Waals surface area contributed by atoms with E-state index in [1.54, 1.807) is 4.90 Å². The topological polar surface area (TPSA) is 76.5 Å². The number of rotatable bonds is 4. The van der Waals surface area contributed by atoms with Crippen LogP contribution >= 0.6 is 0 Å². The maximum atomic E-state index is 6.10. The zero-order valence-electron chi connectivity index (χ0n) is 13.2. The monoisotopic (exact) mass is 290 g/mol. The highest BCUT2D eigenvalue weighted by Gasteiger charge is 2.31. The first-order valence-corrected chi connectivity index (χ1v) is 7.98. The lowest BCUT2D eigenvalue weighted by atomic mass is 9.97. The van der Waals surface area contributed by atoms with E-state index in [9.17, 15) is 0 Å². The van der Waals surface area contributed by atoms with Gasteiger partial charge in [-0.3, -0.25) is 4.90 Å². The van der Waals surface area contributed by atoms with Gasteiger partial charge in [-0.15, -0.1) is 0 Å². The Morgan fingerprint density at radius 3 is 2.71 bits per heavy atom. The molecule has 0 radical (unpaired) electrons. The molecule has 6 heteroatoms. The maximum Gasteiger partial charge on any atom is 0.295 e. The van der Waals surface area contributed by atoms with Crippen molar-refractivity contribution in [1.29, 1.82) is 0 Å². The van der Waals surface area contributed by atoms with Crippen LogP contribution in [0.15, 0.2) is 0 Å². The van der Waals surface area contributed by atoms with E-state index in [0.29, 0.717) is 5.82 Å². The third kappa shape index (κ3) is 2.23. The number of quaternary nitrogens is 1. The fourth-order valence-electron chi connectivity index (χ4n) is 3.45. The van der Waals surface area contributed by atoms with Gasteiger partial charge >= 0.3 is 0 Å². The van der Waals surface area contributed by atoms with Gasteiger partial charge < -0.3 is 10.6 Å². The fraction of sp³-hybridized carbons (Fsp3) is 0.600. The van der Waals surface area contributed by atoms with E-state index in [1.807, 2.05) is 0 Å². The highest BCUT2D eigenvalue weighted by Crippen LogP contribution is 2.29. The Balaban J connectivity index is 2.22. The SMILES string of the molecule is CCN(CC)c1[nH+]c2n[nH]c(N)c2c2c1C[NH+](CC)CC2. The smallest absolute Gasteiger partial charge is 0.295 e. The molecule has 0 saturated heterocycles. The van der Waals surface area contributed by atoms with Crippen LogP contribution in [0, 0.1) is 0 Å². The quantitative estimate of drug-likeness (QED) is 0.728. The van der Waals surface area contributed by atoms with Gasteiger partial charge in [0.2, 0.25) is 5.82 Å². The summed E-state index contributed by atoms with van der Waals surface area (Å²) in [6, 6.07) is 0. The number of likely N-dealkylation sites (N-methyl/N-ethyl adjacent to an activating group) is 1. The van der Waals surface area contributed by atoms with Gasteiger partial charge in [0.25, 0.3) is 5.65 Å². The molecule has 0 amide bonds. The van der Waals surface area contributed by atoms with E-state index in [4.69, 9.17) is 5.73 Å². The van der Waals surface area contributed by atoms with Gasteiger partial charge in [0.15, 0.2) is 0 Å². The van der Waals surface area contributed by atoms with Gasteiger partial charge in [0, 0.05) is 6.42 Å². The highest BCUT2D eigenvalue weighted by atomic mass is 15.2. The normalized spacial score (nSPS) is 18.0. The first-order valence-electron chi connectivity index (χ1n) is 7.98. The van der Waals surface area contributed by atoms with Crippen LogP contribution in [-0.4, -0.2) is 36.4 Å². The molecular formula is C15H26N6+2. The first-order chi connectivity index (χ1) is 10.2. The highest BCUT2D eigenvalue weighted by molar-refractivity contribution is 5.89. The van der Waals surface area contributed by atoms with Crippen molar-refractivity contribution >= 4 is 22.7 Å². The van der Waals surface area contributed by atoms with E-state index in [1.165, 1.54) is 23.5 Å². The molecule has 2 aromatic heterocycles. The van der Waals surface area contributed by atoms with Crippen molar-refractivity contribution < 1.29 is 9.88 Å². The van der Waals surface area contributed by atoms with Crippen LogP contribution in [0.3, 0.4) is 0 Å². The first kappa shape index (κ1) is 14.1. The second-order valence-electron chi connectivity index (χ2n) is 5.74. The largest absolute Gasteiger partial charge is 0.382 e. The van der Waals surface area contributed by atoms with Crippen LogP contribution in [0.25, 0.3) is 11.0 Å². The van der Waals surface area contributed by atoms with Crippen LogP contribution in [0.5, 0.6) is 0 Å². The third-order valence-corrected chi connectivity index (χ3v) is 4.72. The Morgan fingerprint density at radius 1 is 1.29 bits per heavy atom. The van der Waals surface area contributed by atoms with Crippen LogP contribution in [-0.2, 0) is 13.0 Å². The van der Waals surface area contributed by atoms with Crippen molar-refractivity contribution in [3.05, 3.63) is 11.1 Å². The number of nitrogens with zero attached hydrogens (tertiary/aromatic N) is 2. The molecule has 5 N–H and O–H groups in total. The minimum absolute atomic E-state index is 0.684. The second kappa shape index (κ2) is 5.52. The maximum absolute atomic E-state index is 6.10. The molecule has 21 heavy (non-hydrogen) atoms. The molecule has 1 unspecified atom stereocenters. The summed E-state index contributed by atoms with van der Waals surface area (Å²) in [6.45, 7) is 12.0. The van der Waals surface area contributed by atoms with Crippen molar-refractivity contribution in [2.75, 3.05) is 36.8 Å². The minimum Gasteiger partial charge on any atom is -0.382 e. The Labute approximate surface area is 125 Å². The van der Waals surface area contributed by atoms with E-state index >= 15 is 0 Å². The van der Waals surface area contributed by atoms with Crippen molar-refractivity contribution in [1.82, 2.24) is 10.2 Å². The lowest BCUT2D eigenvalue weighted by molar-refractivity contribution is -0.914. The number of nitrogen functional groups attached to an aromatic ring is 1. The molecule has 0 aliphatic carbocycles. The van der Waals surface area contributed by atoms with Gasteiger partial charge in [-0.1, -0.05) is 0 Å². The molecular weight excluding hydrogens is 264 g/mol. The molecule has 114 valence electrons. The number of aromatic nitrogens is 3. The Bertz CT molecular complexity index is 643. The standard InChI is InChI=1S/C15H24N6/c1-4-20-8-7-10-11(9-20)15(21(5-2)6-3)17-14-12(10)13(16)18-19-14/h4-9H2,1-3H3,(H3,16,17,18,19)/p+2. The van der Waals surface area contributed by atoms with Crippen molar-refractivity contribution in [2.24, 2.45) is 0 Å². The summed E-state index contributed by atoms with van der Waals surface area (Å²) in [5, 5.41) is 8.36. The molecule has 1 aliphatic rings. The van der Waals surface area contributed by atoms with Crippen molar-refractivity contribution in [2.45, 2.75) is 33.7 Å². The number of hydrogen-bond acceptors (Lipinski definition) is 3. The molecule has 1 aliphatic heterocycles. The summed E-state index contributed by atoms with van der Waals surface area (Å²) in [5.41, 5.74) is 9.78. The van der Waals surface area contributed by atoms with Crippen molar-refractivity contribution in [3.63, 3.8) is 0 Å². The fourth-order valence-corrected chi connectivity index (χ4v) is 3.45. The number of pyridine rings is 1. The minimum atomic E-state index is 0.684. The Morgan fingerprint density at radius 2 is 2.05 bits per heavy atom. The number of nitrogens with one attached hydrogen (secondary N) is 3.